The van der Waals surface area contributed by atoms with Gasteiger partial charge in [-0.15, -0.1) is 0 Å². The molecule has 0 radical (unpaired) electrons. The van der Waals surface area contributed by atoms with E-state index in [4.69, 9.17) is 0 Å². The van der Waals surface area contributed by atoms with Gasteiger partial charge < -0.3 is 4.90 Å². The SMILES string of the molecule is O=C(c1cc(-c2ccc(F)cc2)nn1-c1cccc([N+](=O)[O-])c1)N1CCN(Cc2ccccc2)CC1. The van der Waals surface area contributed by atoms with Crippen molar-refractivity contribution >= 4 is 11.6 Å². The molecule has 182 valence electrons. The molecule has 0 saturated carbocycles. The van der Waals surface area contributed by atoms with E-state index >= 15 is 0 Å². The van der Waals surface area contributed by atoms with Crippen LogP contribution in [-0.2, 0) is 6.54 Å². The van der Waals surface area contributed by atoms with E-state index in [1.165, 1.54) is 34.5 Å². The maximum absolute atomic E-state index is 13.6. The lowest BCUT2D eigenvalue weighted by Crippen LogP contribution is -2.48. The third-order valence-electron chi connectivity index (χ3n) is 6.26. The predicted molar refractivity (Wildman–Crippen MR) is 133 cm³/mol. The molecular formula is C27H24FN5O3. The van der Waals surface area contributed by atoms with Crippen molar-refractivity contribution in [3.05, 3.63) is 112 Å². The number of amides is 1. The lowest BCUT2D eigenvalue weighted by molar-refractivity contribution is -0.384. The number of nitro benzene ring substituents is 1. The van der Waals surface area contributed by atoms with Gasteiger partial charge in [-0.1, -0.05) is 36.4 Å². The summed E-state index contributed by atoms with van der Waals surface area (Å²) >= 11 is 0. The second kappa shape index (κ2) is 10.1. The average Bonchev–Trinajstić information content (AvgIpc) is 3.35. The predicted octanol–water partition coefficient (Wildman–Crippen LogP) is 4.54. The Bertz CT molecular complexity index is 1380. The Kier molecular flexibility index (Phi) is 6.55. The van der Waals surface area contributed by atoms with Crippen LogP contribution in [0.5, 0.6) is 0 Å². The molecule has 0 N–H and O–H groups in total. The van der Waals surface area contributed by atoms with Crippen LogP contribution in [0.3, 0.4) is 0 Å². The average molecular weight is 486 g/mol. The van der Waals surface area contributed by atoms with E-state index in [0.717, 1.165) is 19.6 Å². The molecule has 0 spiro atoms. The molecule has 0 aliphatic carbocycles. The van der Waals surface area contributed by atoms with E-state index in [9.17, 15) is 19.3 Å². The number of rotatable bonds is 6. The number of piperazine rings is 1. The van der Waals surface area contributed by atoms with Gasteiger partial charge in [0, 0.05) is 50.4 Å². The normalized spacial score (nSPS) is 14.1. The zero-order chi connectivity index (χ0) is 25.1. The van der Waals surface area contributed by atoms with Crippen LogP contribution in [0, 0.1) is 15.9 Å². The van der Waals surface area contributed by atoms with E-state index in [0.29, 0.717) is 35.7 Å². The molecule has 8 nitrogen and oxygen atoms in total. The fourth-order valence-corrected chi connectivity index (χ4v) is 4.34. The quantitative estimate of drug-likeness (QED) is 0.296. The minimum atomic E-state index is -0.485. The number of halogens is 1. The summed E-state index contributed by atoms with van der Waals surface area (Å²) < 4.78 is 14.9. The standard InChI is InChI=1S/C27H24FN5O3/c28-22-11-9-21(10-12-22)25-18-26(32(29-25)23-7-4-8-24(17-23)33(35)36)27(34)31-15-13-30(14-16-31)19-20-5-2-1-3-6-20/h1-12,17-18H,13-16,19H2. The molecule has 3 aromatic carbocycles. The number of aromatic nitrogens is 2. The van der Waals surface area contributed by atoms with Crippen LogP contribution in [-0.4, -0.2) is 56.6 Å². The monoisotopic (exact) mass is 485 g/mol. The summed E-state index contributed by atoms with van der Waals surface area (Å²) in [5.74, 6) is -0.580. The van der Waals surface area contributed by atoms with Gasteiger partial charge >= 0.3 is 0 Å². The van der Waals surface area contributed by atoms with Gasteiger partial charge in [0.05, 0.1) is 16.3 Å². The summed E-state index contributed by atoms with van der Waals surface area (Å²) in [6.07, 6.45) is 0. The van der Waals surface area contributed by atoms with E-state index in [1.54, 1.807) is 35.2 Å². The first-order valence-electron chi connectivity index (χ1n) is 11.6. The molecule has 1 amide bonds. The summed E-state index contributed by atoms with van der Waals surface area (Å²) in [6.45, 7) is 3.39. The summed E-state index contributed by atoms with van der Waals surface area (Å²) in [5.41, 5.74) is 2.95. The third-order valence-corrected chi connectivity index (χ3v) is 6.26. The first-order chi connectivity index (χ1) is 17.5. The molecule has 1 aliphatic heterocycles. The molecule has 2 heterocycles. The van der Waals surface area contributed by atoms with E-state index in [2.05, 4.69) is 22.1 Å². The van der Waals surface area contributed by atoms with Gasteiger partial charge in [0.15, 0.2) is 0 Å². The number of non-ortho nitro benzene ring substituents is 1. The number of hydrogen-bond acceptors (Lipinski definition) is 5. The molecule has 0 unspecified atom stereocenters. The van der Waals surface area contributed by atoms with Crippen molar-refractivity contribution < 1.29 is 14.1 Å². The van der Waals surface area contributed by atoms with Gasteiger partial charge in [0.25, 0.3) is 11.6 Å². The summed E-state index contributed by atoms with van der Waals surface area (Å²) in [6, 6.07) is 23.7. The molecule has 0 atom stereocenters. The van der Waals surface area contributed by atoms with Crippen LogP contribution in [0.25, 0.3) is 16.9 Å². The summed E-state index contributed by atoms with van der Waals surface area (Å²) in [4.78, 5) is 28.6. The minimum absolute atomic E-state index is 0.0979. The van der Waals surface area contributed by atoms with Gasteiger partial charge in [0.2, 0.25) is 0 Å². The molecule has 1 aromatic heterocycles. The summed E-state index contributed by atoms with van der Waals surface area (Å²) in [7, 11) is 0. The van der Waals surface area contributed by atoms with Gasteiger partial charge in [-0.25, -0.2) is 9.07 Å². The molecule has 5 rings (SSSR count). The Morgan fingerprint density at radius 2 is 1.64 bits per heavy atom. The van der Waals surface area contributed by atoms with Crippen LogP contribution < -0.4 is 0 Å². The molecule has 36 heavy (non-hydrogen) atoms. The lowest BCUT2D eigenvalue weighted by Gasteiger charge is -2.34. The van der Waals surface area contributed by atoms with Gasteiger partial charge in [-0.3, -0.25) is 19.8 Å². The Labute approximate surface area is 207 Å². The van der Waals surface area contributed by atoms with Crippen molar-refractivity contribution in [1.82, 2.24) is 19.6 Å². The van der Waals surface area contributed by atoms with Crippen LogP contribution in [0.2, 0.25) is 0 Å². The first kappa shape index (κ1) is 23.4. The second-order valence-corrected chi connectivity index (χ2v) is 8.66. The van der Waals surface area contributed by atoms with E-state index < -0.39 is 4.92 Å². The van der Waals surface area contributed by atoms with Crippen molar-refractivity contribution in [1.29, 1.82) is 0 Å². The van der Waals surface area contributed by atoms with Gasteiger partial charge in [-0.2, -0.15) is 5.10 Å². The zero-order valence-electron chi connectivity index (χ0n) is 19.5. The maximum atomic E-state index is 13.6. The molecule has 9 heteroatoms. The Balaban J connectivity index is 1.42. The van der Waals surface area contributed by atoms with Crippen molar-refractivity contribution in [2.24, 2.45) is 0 Å². The van der Waals surface area contributed by atoms with Crippen molar-refractivity contribution in [2.45, 2.75) is 6.54 Å². The molecule has 1 aliphatic rings. The Morgan fingerprint density at radius 1 is 0.917 bits per heavy atom. The van der Waals surface area contributed by atoms with E-state index in [-0.39, 0.29) is 17.4 Å². The number of hydrogen-bond donors (Lipinski definition) is 0. The number of carbonyl (C=O) groups is 1. The largest absolute Gasteiger partial charge is 0.335 e. The highest BCUT2D eigenvalue weighted by molar-refractivity contribution is 5.94. The molecule has 0 bridgehead atoms. The molecule has 1 fully saturated rings. The Hall–Kier alpha value is -4.37. The Morgan fingerprint density at radius 3 is 2.33 bits per heavy atom. The first-order valence-corrected chi connectivity index (χ1v) is 11.6. The number of carbonyl (C=O) groups excluding carboxylic acids is 1. The highest BCUT2D eigenvalue weighted by Gasteiger charge is 2.27. The van der Waals surface area contributed by atoms with Gasteiger partial charge in [0.1, 0.15) is 11.5 Å². The zero-order valence-corrected chi connectivity index (χ0v) is 19.5. The van der Waals surface area contributed by atoms with Crippen LogP contribution in [0.15, 0.2) is 84.9 Å². The van der Waals surface area contributed by atoms with Crippen molar-refractivity contribution in [3.63, 3.8) is 0 Å². The minimum Gasteiger partial charge on any atom is -0.335 e. The van der Waals surface area contributed by atoms with Crippen molar-refractivity contribution in [3.8, 4) is 16.9 Å². The number of nitro groups is 1. The highest BCUT2D eigenvalue weighted by atomic mass is 19.1. The van der Waals surface area contributed by atoms with Crippen LogP contribution >= 0.6 is 0 Å². The number of benzene rings is 3. The van der Waals surface area contributed by atoms with E-state index in [1.807, 2.05) is 18.2 Å². The topological polar surface area (TPSA) is 84.5 Å². The van der Waals surface area contributed by atoms with Crippen LogP contribution in [0.1, 0.15) is 16.1 Å². The lowest BCUT2D eigenvalue weighted by atomic mass is 10.1. The smallest absolute Gasteiger partial charge is 0.272 e. The maximum Gasteiger partial charge on any atom is 0.272 e. The van der Waals surface area contributed by atoms with Crippen molar-refractivity contribution in [2.75, 3.05) is 26.2 Å². The van der Waals surface area contributed by atoms with Crippen LogP contribution in [0.4, 0.5) is 10.1 Å². The molecule has 4 aromatic rings. The highest BCUT2D eigenvalue weighted by Crippen LogP contribution is 2.25. The van der Waals surface area contributed by atoms with Gasteiger partial charge in [-0.05, 0) is 42.0 Å². The fourth-order valence-electron chi connectivity index (χ4n) is 4.34. The number of nitrogens with zero attached hydrogens (tertiary/aromatic N) is 5. The molecular weight excluding hydrogens is 461 g/mol. The summed E-state index contributed by atoms with van der Waals surface area (Å²) in [5, 5.41) is 15.9. The fraction of sp³-hybridized carbons (Fsp3) is 0.185. The molecule has 1 saturated heterocycles. The third kappa shape index (κ3) is 5.01. The second-order valence-electron chi connectivity index (χ2n) is 8.66.